The lowest BCUT2D eigenvalue weighted by Gasteiger charge is -2.39. The van der Waals surface area contributed by atoms with E-state index in [1.54, 1.807) is 23.1 Å². The Morgan fingerprint density at radius 3 is 2.86 bits per heavy atom. The second kappa shape index (κ2) is 6.98. The zero-order valence-corrected chi connectivity index (χ0v) is 14.5. The van der Waals surface area contributed by atoms with Gasteiger partial charge in [0.15, 0.2) is 0 Å². The summed E-state index contributed by atoms with van der Waals surface area (Å²) in [6, 6.07) is 5.12. The van der Waals surface area contributed by atoms with Crippen LogP contribution in [-0.4, -0.2) is 48.7 Å². The van der Waals surface area contributed by atoms with Gasteiger partial charge in [0.25, 0.3) is 5.91 Å². The maximum absolute atomic E-state index is 12.7. The molecule has 1 N–H and O–H groups in total. The number of hydrogen-bond donors (Lipinski definition) is 1. The van der Waals surface area contributed by atoms with E-state index in [1.165, 1.54) is 7.11 Å². The molecular formula is C15H17BrClNO4. The van der Waals surface area contributed by atoms with E-state index in [1.807, 2.05) is 0 Å². The molecule has 1 aromatic carbocycles. The van der Waals surface area contributed by atoms with Crippen molar-refractivity contribution in [1.29, 1.82) is 0 Å². The van der Waals surface area contributed by atoms with Gasteiger partial charge in [-0.15, -0.1) is 0 Å². The molecule has 1 saturated heterocycles. The Bertz CT molecular complexity index is 591. The third kappa shape index (κ3) is 3.29. The first-order valence-corrected chi connectivity index (χ1v) is 8.04. The van der Waals surface area contributed by atoms with E-state index in [-0.39, 0.29) is 19.1 Å². The lowest BCUT2D eigenvalue weighted by atomic mass is 9.80. The Hall–Kier alpha value is -1.11. The molecule has 1 unspecified atom stereocenters. The smallest absolute Gasteiger partial charge is 0.313 e. The van der Waals surface area contributed by atoms with Crippen molar-refractivity contribution >= 4 is 39.4 Å². The van der Waals surface area contributed by atoms with E-state index in [4.69, 9.17) is 16.3 Å². The highest BCUT2D eigenvalue weighted by atomic mass is 79.9. The number of amides is 1. The number of piperidine rings is 1. The van der Waals surface area contributed by atoms with E-state index in [0.29, 0.717) is 34.4 Å². The Morgan fingerprint density at radius 2 is 2.23 bits per heavy atom. The molecule has 1 aromatic rings. The summed E-state index contributed by atoms with van der Waals surface area (Å²) in [5.74, 6) is -1.19. The molecule has 7 heteroatoms. The minimum Gasteiger partial charge on any atom is -0.481 e. The topological polar surface area (TPSA) is 66.8 Å². The lowest BCUT2D eigenvalue weighted by Crippen LogP contribution is -2.52. The minimum absolute atomic E-state index is 0.0817. The Labute approximate surface area is 142 Å². The summed E-state index contributed by atoms with van der Waals surface area (Å²) in [5, 5.41) is 9.88. The van der Waals surface area contributed by atoms with Crippen LogP contribution in [0, 0.1) is 5.41 Å². The molecule has 2 rings (SSSR count). The highest BCUT2D eigenvalue weighted by Crippen LogP contribution is 2.33. The first kappa shape index (κ1) is 17.2. The van der Waals surface area contributed by atoms with Crippen LogP contribution in [0.1, 0.15) is 23.2 Å². The summed E-state index contributed by atoms with van der Waals surface area (Å²) in [4.78, 5) is 25.9. The van der Waals surface area contributed by atoms with E-state index in [2.05, 4.69) is 15.9 Å². The van der Waals surface area contributed by atoms with Crippen LogP contribution in [0.4, 0.5) is 0 Å². The van der Waals surface area contributed by atoms with Crippen LogP contribution < -0.4 is 0 Å². The zero-order chi connectivity index (χ0) is 16.3. The van der Waals surface area contributed by atoms with Crippen LogP contribution in [0.5, 0.6) is 0 Å². The zero-order valence-electron chi connectivity index (χ0n) is 12.1. The third-order valence-corrected chi connectivity index (χ3v) is 5.22. The van der Waals surface area contributed by atoms with Crippen LogP contribution in [0.2, 0.25) is 5.02 Å². The van der Waals surface area contributed by atoms with Gasteiger partial charge >= 0.3 is 5.97 Å². The summed E-state index contributed by atoms with van der Waals surface area (Å²) in [7, 11) is 1.47. The van der Waals surface area contributed by atoms with E-state index in [0.717, 1.165) is 0 Å². The Balaban J connectivity index is 2.27. The van der Waals surface area contributed by atoms with Gasteiger partial charge in [-0.2, -0.15) is 0 Å². The third-order valence-electron chi connectivity index (χ3n) is 3.92. The highest BCUT2D eigenvalue weighted by Gasteiger charge is 2.44. The number of carbonyl (C=O) groups excluding carboxylic acids is 1. The number of carboxylic acid groups (broad SMARTS) is 1. The van der Waals surface area contributed by atoms with Gasteiger partial charge in [0, 0.05) is 24.7 Å². The minimum atomic E-state index is -1.05. The summed E-state index contributed by atoms with van der Waals surface area (Å²) >= 11 is 9.46. The van der Waals surface area contributed by atoms with Crippen molar-refractivity contribution in [2.75, 3.05) is 26.8 Å². The molecule has 1 heterocycles. The summed E-state index contributed by atoms with van der Waals surface area (Å²) in [6.45, 7) is 0.719. The summed E-state index contributed by atoms with van der Waals surface area (Å²) in [6.07, 6.45) is 1.11. The fourth-order valence-electron chi connectivity index (χ4n) is 2.77. The normalized spacial score (nSPS) is 21.7. The molecule has 1 aliphatic rings. The first-order valence-electron chi connectivity index (χ1n) is 6.87. The average Bonchev–Trinajstić information content (AvgIpc) is 2.50. The largest absolute Gasteiger partial charge is 0.481 e. The number of halogens is 2. The lowest BCUT2D eigenvalue weighted by molar-refractivity contribution is -0.155. The predicted octanol–water partition coefficient (Wildman–Crippen LogP) is 3.06. The van der Waals surface area contributed by atoms with Crippen LogP contribution in [0.3, 0.4) is 0 Å². The van der Waals surface area contributed by atoms with Gasteiger partial charge in [-0.05, 0) is 40.9 Å². The van der Waals surface area contributed by atoms with Gasteiger partial charge in [-0.25, -0.2) is 0 Å². The number of hydrogen-bond acceptors (Lipinski definition) is 3. The van der Waals surface area contributed by atoms with Crippen LogP contribution in [-0.2, 0) is 9.53 Å². The van der Waals surface area contributed by atoms with Gasteiger partial charge in [0.2, 0.25) is 0 Å². The molecule has 0 bridgehead atoms. The fourth-order valence-corrected chi connectivity index (χ4v) is 3.35. The van der Waals surface area contributed by atoms with E-state index in [9.17, 15) is 14.7 Å². The molecule has 0 radical (unpaired) electrons. The molecule has 5 nitrogen and oxygen atoms in total. The number of nitrogens with zero attached hydrogens (tertiary/aromatic N) is 1. The molecule has 0 aliphatic carbocycles. The summed E-state index contributed by atoms with van der Waals surface area (Å²) in [5.41, 5.74) is -0.684. The van der Waals surface area contributed by atoms with Crippen molar-refractivity contribution in [3.8, 4) is 0 Å². The second-order valence-corrected chi connectivity index (χ2v) is 6.68. The molecule has 1 fully saturated rings. The summed E-state index contributed by atoms with van der Waals surface area (Å²) < 4.78 is 5.71. The number of carboxylic acids is 1. The van der Waals surface area contributed by atoms with Gasteiger partial charge in [0.1, 0.15) is 5.41 Å². The van der Waals surface area contributed by atoms with E-state index >= 15 is 0 Å². The van der Waals surface area contributed by atoms with Gasteiger partial charge in [0.05, 0.1) is 17.2 Å². The van der Waals surface area contributed by atoms with Crippen molar-refractivity contribution in [3.63, 3.8) is 0 Å². The van der Waals surface area contributed by atoms with Crippen molar-refractivity contribution < 1.29 is 19.4 Å². The van der Waals surface area contributed by atoms with Crippen molar-refractivity contribution in [3.05, 3.63) is 33.3 Å². The monoisotopic (exact) mass is 389 g/mol. The maximum Gasteiger partial charge on any atom is 0.313 e. The Kier molecular flexibility index (Phi) is 5.47. The molecule has 1 amide bonds. The quantitative estimate of drug-likeness (QED) is 0.858. The maximum atomic E-state index is 12.7. The molecular weight excluding hydrogens is 374 g/mol. The molecule has 0 saturated carbocycles. The number of ether oxygens (including phenoxy) is 1. The standard InChI is InChI=1S/C15H17BrClNO4/c1-22-9-15(14(20)21)6-3-7-18(8-15)13(19)10-4-2-5-11(16)12(10)17/h2,4-5H,3,6-9H2,1H3,(H,20,21). The Morgan fingerprint density at radius 1 is 1.50 bits per heavy atom. The average molecular weight is 391 g/mol. The number of likely N-dealkylation sites (tertiary alicyclic amines) is 1. The van der Waals surface area contributed by atoms with E-state index < -0.39 is 11.4 Å². The van der Waals surface area contributed by atoms with Crippen LogP contribution in [0.25, 0.3) is 0 Å². The van der Waals surface area contributed by atoms with Gasteiger partial charge in [-0.1, -0.05) is 17.7 Å². The molecule has 1 atom stereocenters. The number of methoxy groups -OCH3 is 1. The molecule has 1 aliphatic heterocycles. The van der Waals surface area contributed by atoms with Crippen LogP contribution in [0.15, 0.2) is 22.7 Å². The second-order valence-electron chi connectivity index (χ2n) is 5.45. The van der Waals surface area contributed by atoms with Crippen molar-refractivity contribution in [2.24, 2.45) is 5.41 Å². The number of rotatable bonds is 4. The highest BCUT2D eigenvalue weighted by molar-refractivity contribution is 9.10. The number of aliphatic carboxylic acids is 1. The molecule has 0 aromatic heterocycles. The predicted molar refractivity (Wildman–Crippen MR) is 86.2 cm³/mol. The first-order chi connectivity index (χ1) is 10.4. The molecule has 0 spiro atoms. The van der Waals surface area contributed by atoms with Gasteiger partial charge < -0.3 is 14.7 Å². The molecule has 22 heavy (non-hydrogen) atoms. The van der Waals surface area contributed by atoms with Gasteiger partial charge in [-0.3, -0.25) is 9.59 Å². The SMILES string of the molecule is COCC1(C(=O)O)CCCN(C(=O)c2cccc(Br)c2Cl)C1. The molecule has 120 valence electrons. The number of carbonyl (C=O) groups is 2. The van der Waals surface area contributed by atoms with Crippen LogP contribution >= 0.6 is 27.5 Å². The van der Waals surface area contributed by atoms with Crippen molar-refractivity contribution in [2.45, 2.75) is 12.8 Å². The van der Waals surface area contributed by atoms with Crippen molar-refractivity contribution in [1.82, 2.24) is 4.90 Å². The number of benzene rings is 1. The fraction of sp³-hybridized carbons (Fsp3) is 0.467.